The zero-order valence-electron chi connectivity index (χ0n) is 13.1. The Morgan fingerprint density at radius 3 is 2.48 bits per heavy atom. The van der Waals surface area contributed by atoms with Gasteiger partial charge in [0.2, 0.25) is 0 Å². The van der Waals surface area contributed by atoms with Gasteiger partial charge in [0.05, 0.1) is 12.7 Å². The molecule has 0 aliphatic carbocycles. The Kier molecular flexibility index (Phi) is 5.49. The van der Waals surface area contributed by atoms with E-state index in [9.17, 15) is 23.6 Å². The monoisotopic (exact) mass is 449 g/mol. The van der Waals surface area contributed by atoms with Crippen molar-refractivity contribution >= 4 is 29.3 Å². The van der Waals surface area contributed by atoms with Gasteiger partial charge in [0.1, 0.15) is 18.1 Å². The fourth-order valence-corrected chi connectivity index (χ4v) is 7.26. The summed E-state index contributed by atoms with van der Waals surface area (Å²) in [5.41, 5.74) is 4.64. The molecule has 5 unspecified atom stereocenters. The fourth-order valence-electron chi connectivity index (χ4n) is 2.32. The van der Waals surface area contributed by atoms with Gasteiger partial charge in [0.15, 0.2) is 0 Å². The average molecular weight is 449 g/mol. The maximum Gasteiger partial charge on any atom is 0.492 e. The molecule has 2 saturated heterocycles. The van der Waals surface area contributed by atoms with Crippen molar-refractivity contribution in [3.8, 4) is 0 Å². The minimum atomic E-state index is -5.17. The maximum absolute atomic E-state index is 12.1. The third-order valence-corrected chi connectivity index (χ3v) is 8.74. The number of rotatable bonds is 4. The highest BCUT2D eigenvalue weighted by atomic mass is 31.3. The van der Waals surface area contributed by atoms with Crippen LogP contribution in [0.4, 0.5) is 5.82 Å². The van der Waals surface area contributed by atoms with E-state index in [0.717, 1.165) is 4.57 Å². The van der Waals surface area contributed by atoms with E-state index in [1.807, 2.05) is 0 Å². The molecule has 0 bridgehead atoms. The predicted molar refractivity (Wildman–Crippen MR) is 83.9 cm³/mol. The molecular formula is C9H14N3O12P3. The lowest BCUT2D eigenvalue weighted by atomic mass is 10.2. The smallest absolute Gasteiger partial charge is 0.390 e. The van der Waals surface area contributed by atoms with Crippen molar-refractivity contribution in [3.63, 3.8) is 0 Å². The van der Waals surface area contributed by atoms with Crippen molar-refractivity contribution in [1.82, 2.24) is 9.55 Å². The van der Waals surface area contributed by atoms with Crippen LogP contribution in [-0.4, -0.2) is 43.3 Å². The highest BCUT2D eigenvalue weighted by Gasteiger charge is 2.54. The van der Waals surface area contributed by atoms with Gasteiger partial charge in [-0.1, -0.05) is 0 Å². The summed E-state index contributed by atoms with van der Waals surface area (Å²) in [4.78, 5) is 33.6. The minimum Gasteiger partial charge on any atom is -0.390 e. The molecule has 0 amide bonds. The number of nitrogens with zero attached hydrogens (tertiary/aromatic N) is 2. The number of anilines is 1. The van der Waals surface area contributed by atoms with Gasteiger partial charge < -0.3 is 25.4 Å². The van der Waals surface area contributed by atoms with Crippen LogP contribution in [0.3, 0.4) is 0 Å². The minimum absolute atomic E-state index is 0.0107. The van der Waals surface area contributed by atoms with Crippen molar-refractivity contribution < 1.29 is 50.8 Å². The molecule has 5 atom stereocenters. The lowest BCUT2D eigenvalue weighted by molar-refractivity contribution is -0.0454. The van der Waals surface area contributed by atoms with Crippen LogP contribution < -0.4 is 11.4 Å². The van der Waals surface area contributed by atoms with Crippen molar-refractivity contribution in [2.24, 2.45) is 0 Å². The SMILES string of the molecule is Nc1ccn(C2CC(O)C(COP3(=O)OP(=O)(O)OP(=O)(O)O3)O2)c(=O)n1. The molecular weight excluding hydrogens is 435 g/mol. The second kappa shape index (κ2) is 7.14. The summed E-state index contributed by atoms with van der Waals surface area (Å²) < 4.78 is 57.9. The lowest BCUT2D eigenvalue weighted by Gasteiger charge is -2.27. The van der Waals surface area contributed by atoms with Crippen LogP contribution >= 0.6 is 23.5 Å². The molecule has 2 aliphatic rings. The number of nitrogen functional groups attached to an aromatic ring is 1. The number of nitrogens with two attached hydrogens (primary N) is 1. The van der Waals surface area contributed by atoms with Crippen molar-refractivity contribution in [2.75, 3.05) is 12.3 Å². The fraction of sp³-hybridized carbons (Fsp3) is 0.556. The van der Waals surface area contributed by atoms with E-state index in [1.165, 1.54) is 12.3 Å². The molecule has 18 heteroatoms. The molecule has 2 fully saturated rings. The molecule has 1 aromatic heterocycles. The molecule has 1 aromatic rings. The first-order chi connectivity index (χ1) is 12.4. The van der Waals surface area contributed by atoms with E-state index in [0.29, 0.717) is 0 Å². The number of ether oxygens (including phenoxy) is 1. The summed E-state index contributed by atoms with van der Waals surface area (Å²) in [5.74, 6) is -0.0107. The van der Waals surface area contributed by atoms with E-state index in [2.05, 4.69) is 22.4 Å². The quantitative estimate of drug-likeness (QED) is 0.440. The van der Waals surface area contributed by atoms with Crippen LogP contribution in [-0.2, 0) is 35.9 Å². The topological polar surface area (TPSA) is 219 Å². The second-order valence-corrected chi connectivity index (χ2v) is 10.4. The van der Waals surface area contributed by atoms with Crippen LogP contribution in [0, 0.1) is 0 Å². The van der Waals surface area contributed by atoms with Gasteiger partial charge in [0, 0.05) is 12.6 Å². The number of aliphatic hydroxyl groups is 1. The van der Waals surface area contributed by atoms with Crippen molar-refractivity contribution in [1.29, 1.82) is 0 Å². The highest BCUT2D eigenvalue weighted by molar-refractivity contribution is 7.74. The second-order valence-electron chi connectivity index (χ2n) is 5.40. The highest BCUT2D eigenvalue weighted by Crippen LogP contribution is 2.80. The van der Waals surface area contributed by atoms with E-state index < -0.39 is 54.2 Å². The summed E-state index contributed by atoms with van der Waals surface area (Å²) >= 11 is 0. The van der Waals surface area contributed by atoms with Gasteiger partial charge in [-0.05, 0) is 6.07 Å². The number of aliphatic hydroxyl groups excluding tert-OH is 1. The van der Waals surface area contributed by atoms with Crippen LogP contribution in [0.15, 0.2) is 17.1 Å². The van der Waals surface area contributed by atoms with E-state index in [1.54, 1.807) is 0 Å². The van der Waals surface area contributed by atoms with Gasteiger partial charge in [0.25, 0.3) is 0 Å². The molecule has 0 spiro atoms. The first kappa shape index (κ1) is 20.8. The zero-order chi connectivity index (χ0) is 20.0. The third-order valence-electron chi connectivity index (χ3n) is 3.38. The molecule has 152 valence electrons. The standard InChI is InChI=1S/C9H14N3O12P3/c10-7-1-2-12(9(14)11-7)8-3-5(13)6(21-8)4-20-27(19)23-25(15,16)22-26(17,18)24-27/h1-2,5-6,8,13H,3-4H2,(H,15,16)(H,17,18)(H2,10,11,14). The van der Waals surface area contributed by atoms with E-state index in [-0.39, 0.29) is 12.2 Å². The molecule has 0 radical (unpaired) electrons. The zero-order valence-corrected chi connectivity index (χ0v) is 15.8. The van der Waals surface area contributed by atoms with E-state index >= 15 is 0 Å². The largest absolute Gasteiger partial charge is 0.492 e. The summed E-state index contributed by atoms with van der Waals surface area (Å²) in [6, 6.07) is 1.33. The lowest BCUT2D eigenvalue weighted by Crippen LogP contribution is -2.28. The first-order valence-electron chi connectivity index (χ1n) is 7.10. The number of phosphoric acid groups is 3. The normalized spacial score (nSPS) is 42.3. The Balaban J connectivity index is 1.68. The Labute approximate surface area is 150 Å². The number of hydrogen-bond donors (Lipinski definition) is 4. The average Bonchev–Trinajstić information content (AvgIpc) is 2.82. The van der Waals surface area contributed by atoms with Crippen LogP contribution in [0.2, 0.25) is 0 Å². The van der Waals surface area contributed by atoms with Gasteiger partial charge >= 0.3 is 29.2 Å². The Bertz CT molecular complexity index is 906. The Hall–Kier alpha value is -0.950. The predicted octanol–water partition coefficient (Wildman–Crippen LogP) is -0.137. The van der Waals surface area contributed by atoms with Crippen molar-refractivity contribution in [3.05, 3.63) is 22.7 Å². The number of hydrogen-bond acceptors (Lipinski definition) is 12. The summed E-state index contributed by atoms with van der Waals surface area (Å²) in [7, 11) is -15.3. The van der Waals surface area contributed by atoms with Gasteiger partial charge in [-0.25, -0.2) is 18.5 Å². The van der Waals surface area contributed by atoms with Gasteiger partial charge in [-0.15, -0.1) is 0 Å². The first-order valence-corrected chi connectivity index (χ1v) is 11.6. The summed E-state index contributed by atoms with van der Waals surface area (Å²) in [6.07, 6.45) is -2.14. The molecule has 5 N–H and O–H groups in total. The molecule has 3 rings (SSSR count). The summed E-state index contributed by atoms with van der Waals surface area (Å²) in [6.45, 7) is -0.730. The molecule has 27 heavy (non-hydrogen) atoms. The van der Waals surface area contributed by atoms with Crippen LogP contribution in [0.25, 0.3) is 0 Å². The van der Waals surface area contributed by atoms with E-state index in [4.69, 9.17) is 20.3 Å². The number of aromatic nitrogens is 2. The van der Waals surface area contributed by atoms with Gasteiger partial charge in [-0.2, -0.15) is 17.9 Å². The molecule has 3 heterocycles. The molecule has 0 aromatic carbocycles. The Morgan fingerprint density at radius 2 is 1.89 bits per heavy atom. The van der Waals surface area contributed by atoms with Crippen LogP contribution in [0.1, 0.15) is 12.6 Å². The third kappa shape index (κ3) is 4.91. The van der Waals surface area contributed by atoms with Crippen molar-refractivity contribution in [2.45, 2.75) is 24.9 Å². The maximum atomic E-state index is 12.1. The molecule has 2 aliphatic heterocycles. The Morgan fingerprint density at radius 1 is 1.26 bits per heavy atom. The summed E-state index contributed by atoms with van der Waals surface area (Å²) in [5, 5.41) is 10.0. The van der Waals surface area contributed by atoms with Crippen LogP contribution in [0.5, 0.6) is 0 Å². The molecule has 15 nitrogen and oxygen atoms in total. The van der Waals surface area contributed by atoms with Gasteiger partial charge in [-0.3, -0.25) is 9.09 Å². The molecule has 0 saturated carbocycles.